The summed E-state index contributed by atoms with van der Waals surface area (Å²) in [6.07, 6.45) is 4.70. The maximum Gasteiger partial charge on any atom is 0.0949 e. The first-order valence-corrected chi connectivity index (χ1v) is 7.65. The number of nitrogens with one attached hydrogen (secondary N) is 1. The maximum atomic E-state index is 9.79. The molecule has 0 fully saturated rings. The number of nitrogens with zero attached hydrogens (tertiary/aromatic N) is 3. The van der Waals surface area contributed by atoms with Crippen LogP contribution in [-0.4, -0.2) is 37.2 Å². The van der Waals surface area contributed by atoms with Gasteiger partial charge in [0.1, 0.15) is 0 Å². The van der Waals surface area contributed by atoms with Crippen molar-refractivity contribution in [2.24, 2.45) is 7.05 Å². The molecule has 22 heavy (non-hydrogen) atoms. The Bertz CT molecular complexity index is 804. The molecular weight excluding hydrogens is 276 g/mol. The second-order valence-corrected chi connectivity index (χ2v) is 6.05. The summed E-state index contributed by atoms with van der Waals surface area (Å²) < 4.78 is 2.07. The number of hydrogen-bond acceptors (Lipinski definition) is 3. The van der Waals surface area contributed by atoms with E-state index in [0.717, 1.165) is 30.7 Å². The molecule has 5 nitrogen and oxygen atoms in total. The number of fused-ring (bicyclic) bond motifs is 2. The van der Waals surface area contributed by atoms with E-state index >= 15 is 0 Å². The Morgan fingerprint density at radius 1 is 1.36 bits per heavy atom. The lowest BCUT2D eigenvalue weighted by Gasteiger charge is -2.34. The minimum atomic E-state index is 0.150. The monoisotopic (exact) mass is 296 g/mol. The van der Waals surface area contributed by atoms with E-state index in [2.05, 4.69) is 43.7 Å². The zero-order valence-electron chi connectivity index (χ0n) is 12.7. The molecule has 4 rings (SSSR count). The number of hydrogen-bond donors (Lipinski definition) is 2. The maximum absolute atomic E-state index is 9.79. The predicted octanol–water partition coefficient (Wildman–Crippen LogP) is 1.82. The van der Waals surface area contributed by atoms with Gasteiger partial charge in [0.25, 0.3) is 0 Å². The lowest BCUT2D eigenvalue weighted by Crippen LogP contribution is -2.42. The number of aliphatic hydroxyl groups excluding tert-OH is 1. The number of aryl methyl sites for hydroxylation is 1. The van der Waals surface area contributed by atoms with E-state index in [1.54, 1.807) is 0 Å². The van der Waals surface area contributed by atoms with Crippen LogP contribution in [0.4, 0.5) is 0 Å². The minimum Gasteiger partial charge on any atom is -0.395 e. The number of H-pyrrole nitrogens is 1. The van der Waals surface area contributed by atoms with Crippen molar-refractivity contribution in [1.82, 2.24) is 19.4 Å². The summed E-state index contributed by atoms with van der Waals surface area (Å²) in [7, 11) is 2.02. The highest BCUT2D eigenvalue weighted by Gasteiger charge is 2.28. The minimum absolute atomic E-state index is 0.150. The van der Waals surface area contributed by atoms with Crippen molar-refractivity contribution in [1.29, 1.82) is 0 Å². The quantitative estimate of drug-likeness (QED) is 0.775. The lowest BCUT2D eigenvalue weighted by atomic mass is 10.0. The molecule has 0 saturated heterocycles. The number of imidazole rings is 1. The van der Waals surface area contributed by atoms with Crippen molar-refractivity contribution in [3.05, 3.63) is 53.7 Å². The van der Waals surface area contributed by atoms with Crippen LogP contribution in [0.15, 0.2) is 36.8 Å². The molecule has 2 N–H and O–H groups in total. The number of rotatable bonds is 3. The Morgan fingerprint density at radius 2 is 2.27 bits per heavy atom. The van der Waals surface area contributed by atoms with E-state index in [1.165, 1.54) is 16.6 Å². The normalized spacial score (nSPS) is 18.7. The second-order valence-electron chi connectivity index (χ2n) is 6.05. The SMILES string of the molecule is Cn1cnc2c1CC(CO)N(Cc1cccc3[nH]ccc13)C2. The van der Waals surface area contributed by atoms with Gasteiger partial charge in [-0.3, -0.25) is 4.90 Å². The Labute approximate surface area is 129 Å². The van der Waals surface area contributed by atoms with Crippen LogP contribution < -0.4 is 0 Å². The number of aliphatic hydroxyl groups is 1. The Kier molecular flexibility index (Phi) is 3.24. The molecule has 1 aromatic carbocycles. The molecule has 0 bridgehead atoms. The van der Waals surface area contributed by atoms with Gasteiger partial charge < -0.3 is 14.7 Å². The Morgan fingerprint density at radius 3 is 3.14 bits per heavy atom. The molecule has 0 aliphatic carbocycles. The van der Waals surface area contributed by atoms with Crippen molar-refractivity contribution in [3.63, 3.8) is 0 Å². The van der Waals surface area contributed by atoms with Crippen LogP contribution in [0.2, 0.25) is 0 Å². The molecule has 0 spiro atoms. The fourth-order valence-corrected chi connectivity index (χ4v) is 3.44. The Hall–Kier alpha value is -2.11. The fourth-order valence-electron chi connectivity index (χ4n) is 3.44. The average molecular weight is 296 g/mol. The number of aromatic amines is 1. The highest BCUT2D eigenvalue weighted by molar-refractivity contribution is 5.82. The van der Waals surface area contributed by atoms with Crippen molar-refractivity contribution < 1.29 is 5.11 Å². The standard InChI is InChI=1S/C17H20N4O/c1-20-11-19-16-9-21(13(10-22)7-17(16)20)8-12-3-2-4-15-14(12)5-6-18-15/h2-6,11,13,18,22H,7-10H2,1H3. The summed E-state index contributed by atoms with van der Waals surface area (Å²) in [5.41, 5.74) is 4.83. The molecule has 3 heterocycles. The van der Waals surface area contributed by atoms with Crippen LogP contribution in [0.3, 0.4) is 0 Å². The number of benzene rings is 1. The predicted molar refractivity (Wildman–Crippen MR) is 85.3 cm³/mol. The van der Waals surface area contributed by atoms with Crippen LogP contribution in [0.25, 0.3) is 10.9 Å². The summed E-state index contributed by atoms with van der Waals surface area (Å²) >= 11 is 0. The summed E-state index contributed by atoms with van der Waals surface area (Å²) in [6.45, 7) is 1.80. The summed E-state index contributed by atoms with van der Waals surface area (Å²) in [5, 5.41) is 11.0. The third-order valence-electron chi connectivity index (χ3n) is 4.71. The number of aromatic nitrogens is 3. The first-order chi connectivity index (χ1) is 10.8. The lowest BCUT2D eigenvalue weighted by molar-refractivity contribution is 0.0971. The second kappa shape index (κ2) is 5.26. The molecule has 0 saturated carbocycles. The van der Waals surface area contributed by atoms with Gasteiger partial charge in [0.05, 0.1) is 18.6 Å². The topological polar surface area (TPSA) is 57.1 Å². The van der Waals surface area contributed by atoms with E-state index < -0.39 is 0 Å². The Balaban J connectivity index is 1.66. The molecule has 3 aromatic rings. The van der Waals surface area contributed by atoms with Gasteiger partial charge >= 0.3 is 0 Å². The fraction of sp³-hybridized carbons (Fsp3) is 0.353. The zero-order chi connectivity index (χ0) is 15.1. The van der Waals surface area contributed by atoms with Gasteiger partial charge in [-0.25, -0.2) is 4.98 Å². The molecule has 1 unspecified atom stereocenters. The first-order valence-electron chi connectivity index (χ1n) is 7.65. The van der Waals surface area contributed by atoms with Crippen molar-refractivity contribution >= 4 is 10.9 Å². The highest BCUT2D eigenvalue weighted by Crippen LogP contribution is 2.26. The van der Waals surface area contributed by atoms with Crippen molar-refractivity contribution in [3.8, 4) is 0 Å². The summed E-state index contributed by atoms with van der Waals surface area (Å²) in [6, 6.07) is 8.61. The van der Waals surface area contributed by atoms with Gasteiger partial charge in [-0.15, -0.1) is 0 Å². The van der Waals surface area contributed by atoms with Crippen LogP contribution in [0.1, 0.15) is 17.0 Å². The van der Waals surface area contributed by atoms with Crippen molar-refractivity contribution in [2.45, 2.75) is 25.6 Å². The van der Waals surface area contributed by atoms with E-state index in [4.69, 9.17) is 0 Å². The third-order valence-corrected chi connectivity index (χ3v) is 4.71. The summed E-state index contributed by atoms with van der Waals surface area (Å²) in [5.74, 6) is 0. The van der Waals surface area contributed by atoms with E-state index in [0.29, 0.717) is 0 Å². The molecule has 1 aliphatic rings. The zero-order valence-corrected chi connectivity index (χ0v) is 12.7. The van der Waals surface area contributed by atoms with Gasteiger partial charge in [0.15, 0.2) is 0 Å². The van der Waals surface area contributed by atoms with E-state index in [1.807, 2.05) is 19.6 Å². The molecule has 5 heteroatoms. The van der Waals surface area contributed by atoms with E-state index in [9.17, 15) is 5.11 Å². The van der Waals surface area contributed by atoms with Gasteiger partial charge in [-0.1, -0.05) is 12.1 Å². The van der Waals surface area contributed by atoms with Crippen LogP contribution >= 0.6 is 0 Å². The largest absolute Gasteiger partial charge is 0.395 e. The van der Waals surface area contributed by atoms with Gasteiger partial charge in [0.2, 0.25) is 0 Å². The molecule has 0 amide bonds. The molecule has 2 aromatic heterocycles. The molecule has 114 valence electrons. The summed E-state index contributed by atoms with van der Waals surface area (Å²) in [4.78, 5) is 10.1. The molecule has 1 atom stereocenters. The van der Waals surface area contributed by atoms with Gasteiger partial charge in [0, 0.05) is 55.4 Å². The molecule has 0 radical (unpaired) electrons. The van der Waals surface area contributed by atoms with Gasteiger partial charge in [-0.05, 0) is 17.7 Å². The van der Waals surface area contributed by atoms with Gasteiger partial charge in [-0.2, -0.15) is 0 Å². The molecular formula is C17H20N4O. The van der Waals surface area contributed by atoms with Crippen LogP contribution in [0, 0.1) is 0 Å². The first kappa shape index (κ1) is 13.5. The highest BCUT2D eigenvalue weighted by atomic mass is 16.3. The smallest absolute Gasteiger partial charge is 0.0949 e. The van der Waals surface area contributed by atoms with Crippen LogP contribution in [0.5, 0.6) is 0 Å². The average Bonchev–Trinajstić information content (AvgIpc) is 3.14. The molecule has 1 aliphatic heterocycles. The van der Waals surface area contributed by atoms with E-state index in [-0.39, 0.29) is 12.6 Å². The van der Waals surface area contributed by atoms with Crippen molar-refractivity contribution in [2.75, 3.05) is 6.61 Å². The van der Waals surface area contributed by atoms with Crippen LogP contribution in [-0.2, 0) is 26.6 Å². The third kappa shape index (κ3) is 2.14.